The summed E-state index contributed by atoms with van der Waals surface area (Å²) in [6.45, 7) is 9.34. The summed E-state index contributed by atoms with van der Waals surface area (Å²) in [6, 6.07) is 19.2. The Hall–Kier alpha value is -2.82. The molecule has 5 rings (SSSR count). The number of nitrogens with zero attached hydrogens (tertiary/aromatic N) is 1. The van der Waals surface area contributed by atoms with Crippen LogP contribution in [-0.2, 0) is 27.1 Å². The maximum absolute atomic E-state index is 14.9. The molecule has 0 spiro atoms. The van der Waals surface area contributed by atoms with E-state index in [0.717, 1.165) is 21.2 Å². The third-order valence-corrected chi connectivity index (χ3v) is 9.36. The lowest BCUT2D eigenvalue weighted by Crippen LogP contribution is -2.51. The summed E-state index contributed by atoms with van der Waals surface area (Å²) in [6.07, 6.45) is -1.50. The van der Waals surface area contributed by atoms with Crippen molar-refractivity contribution in [3.63, 3.8) is 0 Å². The molecular formula is C36H41BrCl2N2O6. The Bertz CT molecular complexity index is 1600. The molecule has 47 heavy (non-hydrogen) atoms. The van der Waals surface area contributed by atoms with Gasteiger partial charge >= 0.3 is 6.09 Å². The van der Waals surface area contributed by atoms with Crippen LogP contribution < -0.4 is 10.1 Å². The highest BCUT2D eigenvalue weighted by Gasteiger charge is 2.54. The average molecular weight is 749 g/mol. The molecule has 0 aromatic heterocycles. The van der Waals surface area contributed by atoms with E-state index in [1.807, 2.05) is 68.4 Å². The minimum Gasteiger partial charge on any atom is -0.490 e. The van der Waals surface area contributed by atoms with Crippen molar-refractivity contribution in [2.24, 2.45) is 5.92 Å². The summed E-state index contributed by atoms with van der Waals surface area (Å²) in [4.78, 5) is 29.6. The molecule has 2 aliphatic rings. The molecule has 8 nitrogen and oxygen atoms in total. The summed E-state index contributed by atoms with van der Waals surface area (Å²) < 4.78 is 18.9. The van der Waals surface area contributed by atoms with Gasteiger partial charge in [0.25, 0.3) is 0 Å². The molecule has 3 aromatic carbocycles. The summed E-state index contributed by atoms with van der Waals surface area (Å²) in [5.41, 5.74) is 0.803. The molecule has 0 aliphatic carbocycles. The Kier molecular flexibility index (Phi) is 10.8. The van der Waals surface area contributed by atoms with E-state index in [4.69, 9.17) is 37.4 Å². The van der Waals surface area contributed by atoms with Crippen LogP contribution in [0.5, 0.6) is 5.75 Å². The molecule has 0 radical (unpaired) electrons. The quantitative estimate of drug-likeness (QED) is 0.231. The van der Waals surface area contributed by atoms with Gasteiger partial charge in [0, 0.05) is 26.0 Å². The van der Waals surface area contributed by atoms with Gasteiger partial charge in [-0.15, -0.1) is 0 Å². The minimum atomic E-state index is -1.11. The van der Waals surface area contributed by atoms with E-state index in [-0.39, 0.29) is 18.9 Å². The third kappa shape index (κ3) is 8.81. The first-order valence-electron chi connectivity index (χ1n) is 15.7. The molecule has 1 saturated heterocycles. The van der Waals surface area contributed by atoms with E-state index in [2.05, 4.69) is 21.2 Å². The maximum atomic E-state index is 14.9. The van der Waals surface area contributed by atoms with E-state index in [9.17, 15) is 14.7 Å². The molecule has 2 heterocycles. The monoisotopic (exact) mass is 746 g/mol. The van der Waals surface area contributed by atoms with Gasteiger partial charge in [-0.3, -0.25) is 4.79 Å². The zero-order chi connectivity index (χ0) is 34.1. The molecule has 5 atom stereocenters. The van der Waals surface area contributed by atoms with E-state index in [1.165, 1.54) is 0 Å². The number of carbonyl (C=O) groups excluding carboxylic acids is 2. The highest BCUT2D eigenvalue weighted by Crippen LogP contribution is 2.48. The number of alkyl carbamates (subject to hydrolysis) is 1. The largest absolute Gasteiger partial charge is 0.490 e. The number of fused-ring (bicyclic) bond motifs is 3. The summed E-state index contributed by atoms with van der Waals surface area (Å²) in [5.74, 6) is -0.255. The second-order valence-electron chi connectivity index (χ2n) is 13.7. The fraction of sp³-hybridized carbons (Fsp3) is 0.444. The Balaban J connectivity index is 1.49. The lowest BCUT2D eigenvalue weighted by molar-refractivity contribution is -0.153. The molecule has 1 fully saturated rings. The van der Waals surface area contributed by atoms with Crippen LogP contribution in [0.3, 0.4) is 0 Å². The first-order valence-corrected chi connectivity index (χ1v) is 17.2. The standard InChI is InChI=1S/C36H41BrCl2N2O6/c1-35(2,3)47-34(44)40-28(17-21-9-11-24(37)12-10-21)29(42)18-23(15-22-7-6-8-25(38)16-22)33(43)41-32-27-19-26(39)13-14-30(27)45-20-31(32)46-36(41,4)5/h6-14,16,19,23,28-29,31-32,42H,15,17-18,20H2,1-5H3,(H,40,44)/t23-,28+,29+,31-,32+/m1/s1. The van der Waals surface area contributed by atoms with E-state index in [0.29, 0.717) is 28.6 Å². The SMILES string of the molecule is CC(C)(C)OC(=O)N[C@@H](Cc1ccc(Br)cc1)[C@@H](O)C[C@@H](Cc1cccc(Cl)c1)C(=O)N1[C@H]2c3cc(Cl)ccc3OC[C@H]2OC1(C)C. The van der Waals surface area contributed by atoms with Crippen LogP contribution >= 0.6 is 39.1 Å². The Morgan fingerprint density at radius 2 is 1.74 bits per heavy atom. The number of amides is 2. The predicted molar refractivity (Wildman–Crippen MR) is 186 cm³/mol. The first kappa shape index (κ1) is 35.5. The van der Waals surface area contributed by atoms with Crippen molar-refractivity contribution in [1.29, 1.82) is 0 Å². The van der Waals surface area contributed by atoms with Crippen LogP contribution in [0, 0.1) is 5.92 Å². The molecule has 252 valence electrons. The van der Waals surface area contributed by atoms with Crippen molar-refractivity contribution < 1.29 is 28.9 Å². The number of hydrogen-bond donors (Lipinski definition) is 2. The van der Waals surface area contributed by atoms with Gasteiger partial charge in [-0.2, -0.15) is 0 Å². The lowest BCUT2D eigenvalue weighted by Gasteiger charge is -2.38. The zero-order valence-electron chi connectivity index (χ0n) is 27.1. The normalized spacial score (nSPS) is 20.3. The predicted octanol–water partition coefficient (Wildman–Crippen LogP) is 7.90. The molecular weight excluding hydrogens is 707 g/mol. The molecule has 2 amide bonds. The molecule has 2 N–H and O–H groups in total. The van der Waals surface area contributed by atoms with Crippen LogP contribution in [0.4, 0.5) is 4.79 Å². The first-order chi connectivity index (χ1) is 22.1. The summed E-state index contributed by atoms with van der Waals surface area (Å²) >= 11 is 16.2. The number of nitrogens with one attached hydrogen (secondary N) is 1. The number of aliphatic hydroxyl groups is 1. The third-order valence-electron chi connectivity index (χ3n) is 8.36. The van der Waals surface area contributed by atoms with Crippen LogP contribution in [0.1, 0.15) is 63.8 Å². The van der Waals surface area contributed by atoms with E-state index < -0.39 is 47.6 Å². The summed E-state index contributed by atoms with van der Waals surface area (Å²) in [7, 11) is 0. The van der Waals surface area contributed by atoms with Gasteiger partial charge in [-0.25, -0.2) is 4.79 Å². The van der Waals surface area contributed by atoms with Crippen molar-refractivity contribution in [2.75, 3.05) is 6.61 Å². The van der Waals surface area contributed by atoms with Gasteiger partial charge < -0.3 is 29.5 Å². The lowest BCUT2D eigenvalue weighted by atomic mass is 9.87. The maximum Gasteiger partial charge on any atom is 0.407 e. The molecule has 0 saturated carbocycles. The molecule has 0 unspecified atom stereocenters. The van der Waals surface area contributed by atoms with Gasteiger partial charge in [0.15, 0.2) is 0 Å². The number of carbonyl (C=O) groups is 2. The van der Waals surface area contributed by atoms with Crippen molar-refractivity contribution in [1.82, 2.24) is 10.2 Å². The fourth-order valence-electron chi connectivity index (χ4n) is 6.40. The number of benzene rings is 3. The van der Waals surface area contributed by atoms with Crippen molar-refractivity contribution in [3.8, 4) is 5.75 Å². The molecule has 3 aromatic rings. The van der Waals surface area contributed by atoms with Crippen LogP contribution in [-0.4, -0.2) is 58.2 Å². The number of rotatable bonds is 9. The Labute approximate surface area is 294 Å². The minimum absolute atomic E-state index is 0.0468. The highest BCUT2D eigenvalue weighted by molar-refractivity contribution is 9.10. The van der Waals surface area contributed by atoms with Gasteiger partial charge in [0.2, 0.25) is 5.91 Å². The topological polar surface area (TPSA) is 97.3 Å². The molecule has 2 aliphatic heterocycles. The van der Waals surface area contributed by atoms with E-state index >= 15 is 0 Å². The summed E-state index contributed by atoms with van der Waals surface area (Å²) in [5, 5.41) is 15.8. The molecule has 11 heteroatoms. The second-order valence-corrected chi connectivity index (χ2v) is 15.5. The van der Waals surface area contributed by atoms with Crippen LogP contribution in [0.25, 0.3) is 0 Å². The fourth-order valence-corrected chi connectivity index (χ4v) is 7.06. The van der Waals surface area contributed by atoms with Crippen LogP contribution in [0.15, 0.2) is 71.2 Å². The van der Waals surface area contributed by atoms with Gasteiger partial charge in [-0.1, -0.05) is 63.4 Å². The average Bonchev–Trinajstić information content (AvgIpc) is 3.26. The van der Waals surface area contributed by atoms with Gasteiger partial charge in [0.1, 0.15) is 29.8 Å². The van der Waals surface area contributed by atoms with E-state index in [1.54, 1.807) is 37.8 Å². The van der Waals surface area contributed by atoms with Crippen molar-refractivity contribution >= 4 is 51.1 Å². The second kappa shape index (κ2) is 14.3. The van der Waals surface area contributed by atoms with Gasteiger partial charge in [-0.05, 0) is 107 Å². The molecule has 0 bridgehead atoms. The van der Waals surface area contributed by atoms with Crippen molar-refractivity contribution in [3.05, 3.63) is 97.9 Å². The number of aliphatic hydroxyl groups excluding tert-OH is 1. The highest BCUT2D eigenvalue weighted by atomic mass is 79.9. The van der Waals surface area contributed by atoms with Crippen molar-refractivity contribution in [2.45, 2.75) is 89.5 Å². The number of ether oxygens (including phenoxy) is 3. The number of hydrogen-bond acceptors (Lipinski definition) is 6. The Morgan fingerprint density at radius 3 is 2.43 bits per heavy atom. The van der Waals surface area contributed by atoms with Gasteiger partial charge in [0.05, 0.1) is 18.2 Å². The zero-order valence-corrected chi connectivity index (χ0v) is 30.2. The van der Waals surface area contributed by atoms with Crippen LogP contribution in [0.2, 0.25) is 10.0 Å². The smallest absolute Gasteiger partial charge is 0.407 e. The Morgan fingerprint density at radius 1 is 1.04 bits per heavy atom. The number of halogens is 3.